The summed E-state index contributed by atoms with van der Waals surface area (Å²) in [5, 5.41) is 6.18. The Morgan fingerprint density at radius 1 is 0.970 bits per heavy atom. The summed E-state index contributed by atoms with van der Waals surface area (Å²) in [6, 6.07) is 13.0. The van der Waals surface area contributed by atoms with Gasteiger partial charge in [0.25, 0.3) is 5.91 Å². The molecule has 2 aromatic rings. The quantitative estimate of drug-likeness (QED) is 0.406. The first-order chi connectivity index (χ1) is 16.0. The normalized spacial score (nSPS) is 21.2. The van der Waals surface area contributed by atoms with Crippen LogP contribution in [0.3, 0.4) is 0 Å². The molecule has 2 atom stereocenters. The number of hydrogen-bond acceptors (Lipinski definition) is 4. The van der Waals surface area contributed by atoms with Crippen LogP contribution in [0.25, 0.3) is 0 Å². The summed E-state index contributed by atoms with van der Waals surface area (Å²) in [5.41, 5.74) is 9.47. The molecule has 0 aromatic heterocycles. The van der Waals surface area contributed by atoms with Gasteiger partial charge in [-0.3, -0.25) is 14.6 Å². The fraction of sp³-hybridized carbons (Fsp3) is 0.444. The van der Waals surface area contributed by atoms with Crippen molar-refractivity contribution in [3.8, 4) is 0 Å². The molecular weight excluding hydrogens is 412 g/mol. The number of amides is 2. The maximum atomic E-state index is 12.6. The van der Waals surface area contributed by atoms with Gasteiger partial charge in [0.05, 0.1) is 11.4 Å². The first-order valence-electron chi connectivity index (χ1n) is 12.1. The summed E-state index contributed by atoms with van der Waals surface area (Å²) in [6.45, 7) is 2.21. The lowest BCUT2D eigenvalue weighted by Crippen LogP contribution is -2.41. The van der Waals surface area contributed by atoms with Crippen molar-refractivity contribution in [3.63, 3.8) is 0 Å². The molecule has 6 heteroatoms. The van der Waals surface area contributed by atoms with E-state index in [1.807, 2.05) is 30.3 Å². The number of rotatable bonds is 6. The van der Waals surface area contributed by atoms with Crippen LogP contribution in [0, 0.1) is 11.8 Å². The van der Waals surface area contributed by atoms with Gasteiger partial charge in [-0.25, -0.2) is 0 Å². The van der Waals surface area contributed by atoms with Gasteiger partial charge < -0.3 is 16.4 Å². The van der Waals surface area contributed by atoms with Crippen LogP contribution in [0.1, 0.15) is 74.2 Å². The molecule has 0 spiro atoms. The summed E-state index contributed by atoms with van der Waals surface area (Å²) in [5.74, 6) is 0.681. The van der Waals surface area contributed by atoms with Gasteiger partial charge in [0.15, 0.2) is 0 Å². The smallest absolute Gasteiger partial charge is 0.251 e. The van der Waals surface area contributed by atoms with Crippen LogP contribution in [0.5, 0.6) is 0 Å². The molecule has 0 bridgehead atoms. The molecular formula is C27H34N4O2. The summed E-state index contributed by atoms with van der Waals surface area (Å²) >= 11 is 0. The van der Waals surface area contributed by atoms with Crippen LogP contribution in [-0.4, -0.2) is 24.1 Å². The van der Waals surface area contributed by atoms with E-state index in [9.17, 15) is 9.59 Å². The Kier molecular flexibility index (Phi) is 7.43. The third-order valence-electron chi connectivity index (χ3n) is 6.98. The molecule has 2 aromatic carbocycles. The number of carbonyl (C=O) groups excluding carboxylic acids is 2. The number of nitrogens with two attached hydrogens (primary N) is 1. The molecule has 2 aliphatic rings. The Balaban J connectivity index is 1.38. The first kappa shape index (κ1) is 23.0. The molecule has 2 fully saturated rings. The van der Waals surface area contributed by atoms with Gasteiger partial charge >= 0.3 is 0 Å². The molecule has 2 unspecified atom stereocenters. The number of benzene rings is 2. The van der Waals surface area contributed by atoms with Crippen molar-refractivity contribution < 1.29 is 9.59 Å². The standard InChI is InChI=1S/C27H34N4O2/c1-18-6-2-5-9-24(18)31-27(33)21-12-10-19(11-13-21)17-29-25-16-22(14-15-23(25)28)30-26(32)20-7-3-4-8-20/h10-18,20,24H,2-9,28H2,1H3,(H,30,32)(H,31,33). The van der Waals surface area contributed by atoms with Crippen LogP contribution >= 0.6 is 0 Å². The minimum atomic E-state index is -0.0211. The van der Waals surface area contributed by atoms with E-state index < -0.39 is 0 Å². The molecule has 33 heavy (non-hydrogen) atoms. The molecule has 4 rings (SSSR count). The third kappa shape index (κ3) is 6.01. The van der Waals surface area contributed by atoms with E-state index in [4.69, 9.17) is 5.73 Å². The van der Waals surface area contributed by atoms with E-state index in [-0.39, 0.29) is 23.8 Å². The van der Waals surface area contributed by atoms with E-state index in [1.165, 1.54) is 19.3 Å². The minimum absolute atomic E-state index is 0.0211. The zero-order chi connectivity index (χ0) is 23.2. The Labute approximate surface area is 196 Å². The second kappa shape index (κ2) is 10.6. The Morgan fingerprint density at radius 3 is 2.39 bits per heavy atom. The maximum Gasteiger partial charge on any atom is 0.251 e. The highest BCUT2D eigenvalue weighted by Gasteiger charge is 2.24. The Morgan fingerprint density at radius 2 is 1.67 bits per heavy atom. The summed E-state index contributed by atoms with van der Waals surface area (Å²) in [4.78, 5) is 29.5. The largest absolute Gasteiger partial charge is 0.397 e. The number of aliphatic imine (C=N–C) groups is 1. The van der Waals surface area contributed by atoms with Crippen molar-refractivity contribution in [2.45, 2.75) is 64.3 Å². The number of nitrogens with zero attached hydrogens (tertiary/aromatic N) is 1. The van der Waals surface area contributed by atoms with Crippen LogP contribution < -0.4 is 16.4 Å². The number of nitrogens with one attached hydrogen (secondary N) is 2. The van der Waals surface area contributed by atoms with Gasteiger partial charge in [-0.15, -0.1) is 0 Å². The number of nitrogen functional groups attached to an aromatic ring is 1. The number of anilines is 2. The molecule has 0 radical (unpaired) electrons. The van der Waals surface area contributed by atoms with Crippen LogP contribution in [0.2, 0.25) is 0 Å². The summed E-state index contributed by atoms with van der Waals surface area (Å²) < 4.78 is 0. The molecule has 6 nitrogen and oxygen atoms in total. The third-order valence-corrected chi connectivity index (χ3v) is 6.98. The topological polar surface area (TPSA) is 96.6 Å². The number of hydrogen-bond donors (Lipinski definition) is 3. The first-order valence-corrected chi connectivity index (χ1v) is 12.1. The predicted molar refractivity (Wildman–Crippen MR) is 134 cm³/mol. The Hall–Kier alpha value is -3.15. The van der Waals surface area contributed by atoms with E-state index >= 15 is 0 Å². The fourth-order valence-corrected chi connectivity index (χ4v) is 4.81. The molecule has 2 aliphatic carbocycles. The summed E-state index contributed by atoms with van der Waals surface area (Å²) in [6.07, 6.45) is 10.5. The SMILES string of the molecule is CC1CCCCC1NC(=O)c1ccc(C=Nc2cc(NC(=O)C3CCCC3)ccc2N)cc1. The van der Waals surface area contributed by atoms with Crippen molar-refractivity contribution in [1.29, 1.82) is 0 Å². The second-order valence-electron chi connectivity index (χ2n) is 9.47. The lowest BCUT2D eigenvalue weighted by Gasteiger charge is -2.29. The molecule has 0 aliphatic heterocycles. The minimum Gasteiger partial charge on any atom is -0.397 e. The molecule has 2 amide bonds. The van der Waals surface area contributed by atoms with Gasteiger partial charge in [-0.2, -0.15) is 0 Å². The average molecular weight is 447 g/mol. The molecule has 174 valence electrons. The van der Waals surface area contributed by atoms with E-state index in [1.54, 1.807) is 18.3 Å². The van der Waals surface area contributed by atoms with Crippen LogP contribution in [-0.2, 0) is 4.79 Å². The molecule has 0 saturated heterocycles. The van der Waals surface area contributed by atoms with Crippen molar-refractivity contribution in [2.24, 2.45) is 16.8 Å². The van der Waals surface area contributed by atoms with Crippen molar-refractivity contribution in [2.75, 3.05) is 11.1 Å². The zero-order valence-corrected chi connectivity index (χ0v) is 19.3. The van der Waals surface area contributed by atoms with E-state index in [0.717, 1.165) is 37.7 Å². The highest BCUT2D eigenvalue weighted by Crippen LogP contribution is 2.29. The average Bonchev–Trinajstić information content (AvgIpc) is 3.36. The second-order valence-corrected chi connectivity index (χ2v) is 9.47. The fourth-order valence-electron chi connectivity index (χ4n) is 4.81. The van der Waals surface area contributed by atoms with Gasteiger partial charge in [0.2, 0.25) is 5.91 Å². The highest BCUT2D eigenvalue weighted by molar-refractivity contribution is 5.96. The Bertz CT molecular complexity index is 1010. The monoisotopic (exact) mass is 446 g/mol. The lowest BCUT2D eigenvalue weighted by atomic mass is 9.86. The van der Waals surface area contributed by atoms with Crippen molar-refractivity contribution in [3.05, 3.63) is 53.6 Å². The van der Waals surface area contributed by atoms with E-state index in [2.05, 4.69) is 22.5 Å². The number of carbonyl (C=O) groups is 2. The molecule has 0 heterocycles. The highest BCUT2D eigenvalue weighted by atomic mass is 16.2. The van der Waals surface area contributed by atoms with Gasteiger partial charge in [-0.05, 0) is 67.5 Å². The van der Waals surface area contributed by atoms with Crippen molar-refractivity contribution in [1.82, 2.24) is 5.32 Å². The van der Waals surface area contributed by atoms with Gasteiger partial charge in [0.1, 0.15) is 0 Å². The molecule has 4 N–H and O–H groups in total. The van der Waals surface area contributed by atoms with E-state index in [0.29, 0.717) is 28.5 Å². The van der Waals surface area contributed by atoms with Gasteiger partial charge in [0, 0.05) is 29.4 Å². The lowest BCUT2D eigenvalue weighted by molar-refractivity contribution is -0.119. The van der Waals surface area contributed by atoms with Crippen LogP contribution in [0.15, 0.2) is 47.5 Å². The summed E-state index contributed by atoms with van der Waals surface area (Å²) in [7, 11) is 0. The van der Waals surface area contributed by atoms with Crippen molar-refractivity contribution >= 4 is 35.1 Å². The maximum absolute atomic E-state index is 12.6. The predicted octanol–water partition coefficient (Wildman–Crippen LogP) is 5.46. The van der Waals surface area contributed by atoms with Crippen LogP contribution in [0.4, 0.5) is 17.1 Å². The molecule has 2 saturated carbocycles. The zero-order valence-electron chi connectivity index (χ0n) is 19.3. The van der Waals surface area contributed by atoms with Gasteiger partial charge in [-0.1, -0.05) is 44.7 Å².